The molecule has 27 heavy (non-hydrogen) atoms. The van der Waals surface area contributed by atoms with Crippen molar-refractivity contribution in [2.75, 3.05) is 11.3 Å². The number of nitrogens with zero attached hydrogens (tertiary/aromatic N) is 4. The zero-order chi connectivity index (χ0) is 19.8. The molecule has 0 amide bonds. The molecule has 0 spiro atoms. The van der Waals surface area contributed by atoms with Crippen LogP contribution >= 0.6 is 15.9 Å². The van der Waals surface area contributed by atoms with Gasteiger partial charge in [-0.3, -0.25) is 4.72 Å². The lowest BCUT2D eigenvalue weighted by molar-refractivity contribution is 0.0525. The van der Waals surface area contributed by atoms with Gasteiger partial charge in [-0.1, -0.05) is 6.07 Å². The van der Waals surface area contributed by atoms with Crippen molar-refractivity contribution in [3.05, 3.63) is 45.7 Å². The highest BCUT2D eigenvalue weighted by molar-refractivity contribution is 9.10. The number of rotatable bonds is 5. The summed E-state index contributed by atoms with van der Waals surface area (Å²) < 4.78 is 34.5. The molecule has 11 heteroatoms. The summed E-state index contributed by atoms with van der Waals surface area (Å²) in [6.45, 7) is 5.41. The van der Waals surface area contributed by atoms with Gasteiger partial charge in [0.1, 0.15) is 0 Å². The molecule has 1 aromatic carbocycles. The number of esters is 1. The molecule has 0 unspecified atom stereocenters. The van der Waals surface area contributed by atoms with Crippen molar-refractivity contribution in [2.24, 2.45) is 0 Å². The Bertz CT molecular complexity index is 1140. The van der Waals surface area contributed by atoms with Crippen LogP contribution in [-0.4, -0.2) is 40.6 Å². The molecule has 1 N–H and O–H groups in total. The zero-order valence-electron chi connectivity index (χ0n) is 14.7. The van der Waals surface area contributed by atoms with Gasteiger partial charge in [0.05, 0.1) is 22.3 Å². The second-order valence-corrected chi connectivity index (χ2v) is 8.08. The number of halogens is 1. The van der Waals surface area contributed by atoms with E-state index in [4.69, 9.17) is 4.74 Å². The molecule has 3 aromatic rings. The van der Waals surface area contributed by atoms with Crippen molar-refractivity contribution in [3.63, 3.8) is 0 Å². The quantitative estimate of drug-likeness (QED) is 0.589. The monoisotopic (exact) mass is 453 g/mol. The van der Waals surface area contributed by atoms with Gasteiger partial charge >= 0.3 is 5.97 Å². The number of nitrogens with one attached hydrogen (secondary N) is 1. The van der Waals surface area contributed by atoms with E-state index in [1.165, 1.54) is 4.52 Å². The molecule has 0 aliphatic heterocycles. The van der Waals surface area contributed by atoms with Gasteiger partial charge in [0.2, 0.25) is 0 Å². The van der Waals surface area contributed by atoms with Crippen molar-refractivity contribution in [1.82, 2.24) is 19.6 Å². The molecule has 142 valence electrons. The molecular formula is C16H16BrN5O4S. The predicted molar refractivity (Wildman–Crippen MR) is 101 cm³/mol. The van der Waals surface area contributed by atoms with Crippen LogP contribution in [0.25, 0.3) is 5.78 Å². The summed E-state index contributed by atoms with van der Waals surface area (Å²) in [5.74, 6) is -0.396. The molecule has 0 atom stereocenters. The van der Waals surface area contributed by atoms with Gasteiger partial charge in [0, 0.05) is 12.4 Å². The van der Waals surface area contributed by atoms with Gasteiger partial charge in [-0.2, -0.15) is 13.4 Å². The van der Waals surface area contributed by atoms with Crippen LogP contribution in [-0.2, 0) is 14.8 Å². The number of ether oxygens (including phenoxy) is 1. The highest BCUT2D eigenvalue weighted by Crippen LogP contribution is 2.32. The summed E-state index contributed by atoms with van der Waals surface area (Å²) in [5.41, 5.74) is 1.84. The molecule has 2 heterocycles. The minimum absolute atomic E-state index is 0.164. The first-order valence-electron chi connectivity index (χ1n) is 7.91. The average Bonchev–Trinajstić information content (AvgIpc) is 3.03. The van der Waals surface area contributed by atoms with Crippen molar-refractivity contribution in [2.45, 2.75) is 25.9 Å². The first-order valence-corrected chi connectivity index (χ1v) is 10.2. The highest BCUT2D eigenvalue weighted by atomic mass is 79.9. The van der Waals surface area contributed by atoms with Crippen LogP contribution in [0.3, 0.4) is 0 Å². The number of sulfonamides is 1. The Morgan fingerprint density at radius 3 is 2.78 bits per heavy atom. The van der Waals surface area contributed by atoms with Crippen LogP contribution < -0.4 is 4.72 Å². The van der Waals surface area contributed by atoms with Gasteiger partial charge in [-0.15, -0.1) is 5.10 Å². The van der Waals surface area contributed by atoms with E-state index in [0.29, 0.717) is 5.56 Å². The van der Waals surface area contributed by atoms with Crippen LogP contribution in [0.15, 0.2) is 34.2 Å². The second-order valence-electron chi connectivity index (χ2n) is 5.72. The van der Waals surface area contributed by atoms with Crippen LogP contribution in [0.5, 0.6) is 0 Å². The molecule has 0 aliphatic rings. The van der Waals surface area contributed by atoms with E-state index in [1.54, 1.807) is 38.4 Å². The number of aryl methyl sites for hydroxylation is 2. The minimum Gasteiger partial charge on any atom is -0.462 e. The number of carbonyl (C=O) groups is 1. The molecule has 0 aliphatic carbocycles. The largest absolute Gasteiger partial charge is 0.462 e. The normalized spacial score (nSPS) is 11.6. The number of carbonyl (C=O) groups excluding carboxylic acids is 1. The fourth-order valence-electron chi connectivity index (χ4n) is 2.31. The number of aromatic nitrogens is 4. The SMILES string of the molecule is CCOC(=O)c1ccc(C)c(NS(=O)(=O)c2nc3ncc(C)cn3n2)c1Br. The standard InChI is InChI=1S/C16H16BrN5O4S/c1-4-26-14(23)11-6-5-10(3)13(12(11)17)21-27(24,25)16-19-15-18-7-9(2)8-22(15)20-16/h5-8,21H,4H2,1-3H3. The third-order valence-corrected chi connectivity index (χ3v) is 5.58. The number of fused-ring (bicyclic) bond motifs is 1. The predicted octanol–water partition coefficient (Wildman–Crippen LogP) is 2.48. The molecule has 2 aromatic heterocycles. The average molecular weight is 454 g/mol. The summed E-state index contributed by atoms with van der Waals surface area (Å²) in [6.07, 6.45) is 3.19. The van der Waals surface area contributed by atoms with Crippen LogP contribution in [0.4, 0.5) is 5.69 Å². The number of benzene rings is 1. The Morgan fingerprint density at radius 1 is 1.33 bits per heavy atom. The molecule has 0 bridgehead atoms. The van der Waals surface area contributed by atoms with E-state index in [-0.39, 0.29) is 28.1 Å². The molecule has 9 nitrogen and oxygen atoms in total. The Morgan fingerprint density at radius 2 is 2.07 bits per heavy atom. The minimum atomic E-state index is -4.10. The summed E-state index contributed by atoms with van der Waals surface area (Å²) in [5, 5.41) is 3.55. The molecule has 0 saturated heterocycles. The van der Waals surface area contributed by atoms with Crippen LogP contribution in [0, 0.1) is 13.8 Å². The highest BCUT2D eigenvalue weighted by Gasteiger charge is 2.25. The van der Waals surface area contributed by atoms with E-state index in [0.717, 1.165) is 5.56 Å². The maximum absolute atomic E-state index is 12.8. The van der Waals surface area contributed by atoms with Crippen LogP contribution in [0.1, 0.15) is 28.4 Å². The number of anilines is 1. The molecule has 3 rings (SSSR count). The van der Waals surface area contributed by atoms with Gasteiger partial charge in [-0.25, -0.2) is 14.3 Å². The third-order valence-electron chi connectivity index (χ3n) is 3.63. The van der Waals surface area contributed by atoms with Gasteiger partial charge in [0.15, 0.2) is 0 Å². The lowest BCUT2D eigenvalue weighted by Gasteiger charge is -2.13. The van der Waals surface area contributed by atoms with E-state index >= 15 is 0 Å². The summed E-state index contributed by atoms with van der Waals surface area (Å²) in [7, 11) is -4.10. The lowest BCUT2D eigenvalue weighted by Crippen LogP contribution is -2.17. The van der Waals surface area contributed by atoms with E-state index in [2.05, 4.69) is 35.7 Å². The molecule has 0 saturated carbocycles. The van der Waals surface area contributed by atoms with Crippen molar-refractivity contribution < 1.29 is 17.9 Å². The lowest BCUT2D eigenvalue weighted by atomic mass is 10.1. The summed E-state index contributed by atoms with van der Waals surface area (Å²) >= 11 is 3.29. The number of hydrogen-bond acceptors (Lipinski definition) is 7. The fraction of sp³-hybridized carbons (Fsp3) is 0.250. The number of hydrogen-bond donors (Lipinski definition) is 1. The Labute approximate surface area is 164 Å². The van der Waals surface area contributed by atoms with Crippen molar-refractivity contribution in [1.29, 1.82) is 0 Å². The molecular weight excluding hydrogens is 438 g/mol. The smallest absolute Gasteiger partial charge is 0.339 e. The second kappa shape index (κ2) is 7.24. The first kappa shape index (κ1) is 19.2. The van der Waals surface area contributed by atoms with E-state index < -0.39 is 21.1 Å². The summed E-state index contributed by atoms with van der Waals surface area (Å²) in [4.78, 5) is 20.0. The Balaban J connectivity index is 2.02. The van der Waals surface area contributed by atoms with E-state index in [1.807, 2.05) is 6.92 Å². The Hall–Kier alpha value is -2.53. The zero-order valence-corrected chi connectivity index (χ0v) is 17.1. The Kier molecular flexibility index (Phi) is 5.16. The fourth-order valence-corrected chi connectivity index (χ4v) is 4.17. The maximum Gasteiger partial charge on any atom is 0.339 e. The van der Waals surface area contributed by atoms with E-state index in [9.17, 15) is 13.2 Å². The molecule has 0 fully saturated rings. The topological polar surface area (TPSA) is 116 Å². The van der Waals surface area contributed by atoms with Gasteiger partial charge in [0.25, 0.3) is 21.0 Å². The van der Waals surface area contributed by atoms with Gasteiger partial charge in [-0.05, 0) is 53.9 Å². The first-order chi connectivity index (χ1) is 12.7. The summed E-state index contributed by atoms with van der Waals surface area (Å²) in [6, 6.07) is 3.18. The van der Waals surface area contributed by atoms with Crippen molar-refractivity contribution in [3.8, 4) is 0 Å². The maximum atomic E-state index is 12.8. The molecule has 0 radical (unpaired) electrons. The van der Waals surface area contributed by atoms with Crippen LogP contribution in [0.2, 0.25) is 0 Å². The van der Waals surface area contributed by atoms with Crippen molar-refractivity contribution >= 4 is 43.4 Å². The van der Waals surface area contributed by atoms with Gasteiger partial charge < -0.3 is 4.74 Å². The third kappa shape index (κ3) is 3.78.